The largest absolute Gasteiger partial charge is 0.461 e. The molecule has 12 nitrogen and oxygen atoms in total. The van der Waals surface area contributed by atoms with Gasteiger partial charge in [0.05, 0.1) is 18.2 Å². The summed E-state index contributed by atoms with van der Waals surface area (Å²) in [7, 11) is 0. The number of aliphatic hydroxyl groups excluding tert-OH is 1. The maximum Gasteiger partial charge on any atom is 0.316 e. The lowest BCUT2D eigenvalue weighted by molar-refractivity contribution is -0.205. The average Bonchev–Trinajstić information content (AvgIpc) is 3.75. The number of carbonyl (C=O) groups is 3. The smallest absolute Gasteiger partial charge is 0.316 e. The molecule has 5 fully saturated rings. The molecule has 0 aromatic carbocycles. The quantitative estimate of drug-likeness (QED) is 0.269. The van der Waals surface area contributed by atoms with Crippen molar-refractivity contribution in [3.05, 3.63) is 25.3 Å². The van der Waals surface area contributed by atoms with Crippen molar-refractivity contribution in [3.63, 3.8) is 0 Å². The first-order chi connectivity index (χ1) is 25.3. The molecule has 3 N–H and O–H groups in total. The third kappa shape index (κ3) is 6.81. The van der Waals surface area contributed by atoms with Crippen molar-refractivity contribution in [2.24, 2.45) is 39.7 Å². The van der Waals surface area contributed by atoms with Gasteiger partial charge in [0.15, 0.2) is 17.0 Å². The Morgan fingerprint density at radius 2 is 1.81 bits per heavy atom. The molecule has 2 aromatic rings. The number of likely N-dealkylation sites (tertiary alicyclic amines) is 1. The van der Waals surface area contributed by atoms with Crippen LogP contribution in [0.25, 0.3) is 11.2 Å². The molecule has 0 spiro atoms. The summed E-state index contributed by atoms with van der Waals surface area (Å²) in [4.78, 5) is 58.4. The number of aryl methyl sites for hydroxylation is 1. The van der Waals surface area contributed by atoms with Crippen LogP contribution < -0.4 is 10.6 Å². The summed E-state index contributed by atoms with van der Waals surface area (Å²) in [5.74, 6) is 1.04. The fourth-order valence-electron chi connectivity index (χ4n) is 10.9. The lowest BCUT2D eigenvalue weighted by Gasteiger charge is -2.61. The lowest BCUT2D eigenvalue weighted by atomic mass is 9.44. The van der Waals surface area contributed by atoms with E-state index in [0.29, 0.717) is 38.9 Å². The molecule has 3 saturated carbocycles. The van der Waals surface area contributed by atoms with Crippen LogP contribution in [0.15, 0.2) is 25.3 Å². The predicted octanol–water partition coefficient (Wildman–Crippen LogP) is 4.77. The molecule has 8 atom stereocenters. The van der Waals surface area contributed by atoms with E-state index in [4.69, 9.17) is 10.5 Å². The van der Waals surface area contributed by atoms with Crippen LogP contribution in [0.1, 0.15) is 91.9 Å². The van der Waals surface area contributed by atoms with Gasteiger partial charge in [0.2, 0.25) is 5.91 Å². The molecule has 1 amide bonds. The second-order valence-corrected chi connectivity index (χ2v) is 18.6. The third-order valence-electron chi connectivity index (χ3n) is 14.6. The molecule has 2 saturated heterocycles. The number of aromatic nitrogens is 4. The number of hydrogen-bond acceptors (Lipinski definition) is 11. The van der Waals surface area contributed by atoms with Gasteiger partial charge >= 0.3 is 5.97 Å². The number of aliphatic hydroxyl groups is 1. The Morgan fingerprint density at radius 1 is 1.08 bits per heavy atom. The van der Waals surface area contributed by atoms with E-state index in [-0.39, 0.29) is 57.9 Å². The summed E-state index contributed by atoms with van der Waals surface area (Å²) < 4.78 is 8.39. The van der Waals surface area contributed by atoms with Crippen LogP contribution in [0, 0.1) is 34.0 Å². The monoisotopic (exact) mass is 749 g/mol. The first-order valence-corrected chi connectivity index (χ1v) is 20.9. The molecule has 0 unspecified atom stereocenters. The first kappa shape index (κ1) is 38.3. The fraction of sp³-hybridized carbons (Fsp3) is 0.750. The van der Waals surface area contributed by atoms with Crippen molar-refractivity contribution >= 4 is 46.4 Å². The molecule has 4 heterocycles. The van der Waals surface area contributed by atoms with Gasteiger partial charge in [-0.3, -0.25) is 14.4 Å². The van der Waals surface area contributed by atoms with Crippen molar-refractivity contribution in [2.75, 3.05) is 36.8 Å². The number of fused-ring (bicyclic) bond motifs is 1. The highest BCUT2D eigenvalue weighted by Crippen LogP contribution is 2.68. The molecule has 53 heavy (non-hydrogen) atoms. The van der Waals surface area contributed by atoms with Crippen molar-refractivity contribution in [1.29, 1.82) is 0 Å². The number of thioether (sulfide) groups is 1. The Morgan fingerprint density at radius 3 is 2.53 bits per heavy atom. The summed E-state index contributed by atoms with van der Waals surface area (Å²) >= 11 is 1.60. The molecule has 2 aromatic heterocycles. The summed E-state index contributed by atoms with van der Waals surface area (Å²) in [6.45, 7) is 16.1. The molecular formula is C40H59N7O5S. The number of piperidine rings is 2. The SMILES string of the molecule is C=C[C@]1(C)C[C@@H](OC(=O)CSC2CCN(C(=O)CCn3cnc4c(N5CCC(N)CC5)ncnc43)CC2)[C@]2(C)[C@H](C)CC[C@]3(CCC(=O)[C@@H]32)[C@@H](C)[C@@H]1O. The van der Waals surface area contributed by atoms with E-state index in [1.807, 2.05) is 22.5 Å². The minimum absolute atomic E-state index is 0.0580. The van der Waals surface area contributed by atoms with Gasteiger partial charge in [-0.15, -0.1) is 18.3 Å². The number of anilines is 1. The van der Waals surface area contributed by atoms with E-state index in [1.165, 1.54) is 0 Å². The average molecular weight is 750 g/mol. The Bertz CT molecular complexity index is 1700. The molecule has 0 radical (unpaired) electrons. The highest BCUT2D eigenvalue weighted by atomic mass is 32.2. The number of ether oxygens (including phenoxy) is 1. The highest BCUT2D eigenvalue weighted by Gasteiger charge is 2.68. The van der Waals surface area contributed by atoms with Crippen LogP contribution in [0.4, 0.5) is 5.82 Å². The molecule has 7 rings (SSSR count). The summed E-state index contributed by atoms with van der Waals surface area (Å²) in [6, 6.07) is 0.226. The Labute approximate surface area is 318 Å². The van der Waals surface area contributed by atoms with Crippen molar-refractivity contribution in [3.8, 4) is 0 Å². The number of rotatable bonds is 9. The van der Waals surface area contributed by atoms with Crippen LogP contribution in [0.2, 0.25) is 0 Å². The summed E-state index contributed by atoms with van der Waals surface area (Å²) in [6.07, 6.45) is 11.4. The third-order valence-corrected chi connectivity index (χ3v) is 15.9. The standard InChI is InChI=1S/C40H59N7O5S/c1-6-38(4)21-30(39(5)25(2)7-14-40(26(3)35(38)51)15-8-29(48)34(39)40)52-32(50)22-53-28-11-18-45(19-12-28)31(49)13-20-47-24-44-33-36(42-23-43-37(33)47)46-16-9-27(41)10-17-46/h6,23-28,30,34-35,51H,1,7-22,41H2,2-5H3/t25-,26+,30-,34-,35+,38-,39+,40+/m1/s1. The number of amides is 1. The summed E-state index contributed by atoms with van der Waals surface area (Å²) in [5.41, 5.74) is 6.13. The number of hydrogen-bond donors (Lipinski definition) is 2. The van der Waals surface area contributed by atoms with Gasteiger partial charge in [-0.25, -0.2) is 15.0 Å². The van der Waals surface area contributed by atoms with Gasteiger partial charge in [-0.05, 0) is 68.6 Å². The highest BCUT2D eigenvalue weighted by molar-refractivity contribution is 8.00. The van der Waals surface area contributed by atoms with Crippen molar-refractivity contribution in [2.45, 2.75) is 122 Å². The first-order valence-electron chi connectivity index (χ1n) is 19.9. The fourth-order valence-corrected chi connectivity index (χ4v) is 11.9. The number of Topliss-reactive ketones (excluding diaryl/α,β-unsaturated/α-hetero) is 1. The van der Waals surface area contributed by atoms with Crippen LogP contribution in [0.5, 0.6) is 0 Å². The summed E-state index contributed by atoms with van der Waals surface area (Å²) in [5, 5.41) is 12.0. The molecule has 3 aliphatic carbocycles. The number of carbonyl (C=O) groups excluding carboxylic acids is 3. The zero-order valence-electron chi connectivity index (χ0n) is 32.0. The molecule has 13 heteroatoms. The Kier molecular flexibility index (Phi) is 10.8. The van der Waals surface area contributed by atoms with Gasteiger partial charge in [0.25, 0.3) is 0 Å². The minimum Gasteiger partial charge on any atom is -0.461 e. The molecule has 2 bridgehead atoms. The van der Waals surface area contributed by atoms with Crippen molar-refractivity contribution in [1.82, 2.24) is 24.4 Å². The minimum atomic E-state index is -0.680. The number of nitrogens with zero attached hydrogens (tertiary/aromatic N) is 6. The normalized spacial score (nSPS) is 35.5. The Hall–Kier alpha value is -3.03. The number of imidazole rings is 1. The van der Waals surface area contributed by atoms with E-state index in [9.17, 15) is 19.5 Å². The zero-order valence-corrected chi connectivity index (χ0v) is 32.9. The second kappa shape index (κ2) is 14.9. The van der Waals surface area contributed by atoms with Gasteiger partial charge in [0, 0.05) is 73.6 Å². The zero-order chi connectivity index (χ0) is 37.7. The van der Waals surface area contributed by atoms with Crippen LogP contribution >= 0.6 is 11.8 Å². The van der Waals surface area contributed by atoms with Crippen molar-refractivity contribution < 1.29 is 24.2 Å². The molecule has 290 valence electrons. The number of nitrogens with two attached hydrogens (primary N) is 1. The van der Waals surface area contributed by atoms with Crippen LogP contribution in [-0.2, 0) is 25.7 Å². The van der Waals surface area contributed by atoms with E-state index in [2.05, 4.69) is 47.2 Å². The molecular weight excluding hydrogens is 691 g/mol. The number of ketones is 1. The Balaban J connectivity index is 0.931. The van der Waals surface area contributed by atoms with Crippen LogP contribution in [0.3, 0.4) is 0 Å². The molecule has 5 aliphatic rings. The second-order valence-electron chi connectivity index (χ2n) is 17.3. The number of esters is 1. The van der Waals surface area contributed by atoms with E-state index in [0.717, 1.165) is 75.0 Å². The van der Waals surface area contributed by atoms with Crippen LogP contribution in [-0.4, -0.2) is 103 Å². The topological polar surface area (TPSA) is 157 Å². The van der Waals surface area contributed by atoms with Gasteiger partial charge in [-0.1, -0.05) is 33.8 Å². The molecule has 2 aliphatic heterocycles. The van der Waals surface area contributed by atoms with E-state index in [1.54, 1.807) is 24.4 Å². The maximum atomic E-state index is 13.7. The lowest BCUT2D eigenvalue weighted by Crippen LogP contribution is -2.63. The van der Waals surface area contributed by atoms with Gasteiger partial charge in [-0.2, -0.15) is 0 Å². The predicted molar refractivity (Wildman–Crippen MR) is 206 cm³/mol. The van der Waals surface area contributed by atoms with Gasteiger partial charge < -0.3 is 29.9 Å². The van der Waals surface area contributed by atoms with E-state index >= 15 is 0 Å². The van der Waals surface area contributed by atoms with Gasteiger partial charge in [0.1, 0.15) is 18.2 Å². The van der Waals surface area contributed by atoms with E-state index < -0.39 is 23.0 Å². The maximum absolute atomic E-state index is 13.7.